The number of nitrogens with one attached hydrogen (secondary N) is 2. The van der Waals surface area contributed by atoms with Crippen molar-refractivity contribution >= 4 is 34.6 Å². The van der Waals surface area contributed by atoms with Crippen LogP contribution in [0, 0.1) is 5.92 Å². The van der Waals surface area contributed by atoms with Gasteiger partial charge < -0.3 is 15.2 Å². The van der Waals surface area contributed by atoms with E-state index in [1.807, 2.05) is 30.5 Å². The summed E-state index contributed by atoms with van der Waals surface area (Å²) in [5, 5.41) is 3.09. The summed E-state index contributed by atoms with van der Waals surface area (Å²) in [5.41, 5.74) is 1.86. The monoisotopic (exact) mass is 346 g/mol. The average Bonchev–Trinajstić information content (AvgIpc) is 3.15. The van der Waals surface area contributed by atoms with Crippen molar-refractivity contribution in [1.82, 2.24) is 20.2 Å². The molecule has 0 aliphatic carbocycles. The van der Waals surface area contributed by atoms with Gasteiger partial charge in [-0.2, -0.15) is 11.8 Å². The first kappa shape index (κ1) is 16.8. The molecular formula is C17H22N4O2S. The molecule has 0 unspecified atom stereocenters. The van der Waals surface area contributed by atoms with Gasteiger partial charge in [0.15, 0.2) is 0 Å². The third-order valence-corrected chi connectivity index (χ3v) is 5.02. The number of amides is 2. The summed E-state index contributed by atoms with van der Waals surface area (Å²) in [6, 6.07) is 7.66. The van der Waals surface area contributed by atoms with E-state index < -0.39 is 0 Å². The van der Waals surface area contributed by atoms with Crippen molar-refractivity contribution in [1.29, 1.82) is 0 Å². The number of carbonyl (C=O) groups is 2. The summed E-state index contributed by atoms with van der Waals surface area (Å²) in [7, 11) is 1.74. The fraction of sp³-hybridized carbons (Fsp3) is 0.471. The lowest BCUT2D eigenvalue weighted by molar-refractivity contribution is -0.128. The number of fused-ring (bicyclic) bond motifs is 1. The van der Waals surface area contributed by atoms with Crippen molar-refractivity contribution in [2.24, 2.45) is 5.92 Å². The Morgan fingerprint density at radius 1 is 1.50 bits per heavy atom. The second-order valence-corrected chi connectivity index (χ2v) is 7.14. The van der Waals surface area contributed by atoms with Gasteiger partial charge >= 0.3 is 0 Å². The minimum atomic E-state index is -0.274. The Morgan fingerprint density at radius 2 is 2.29 bits per heavy atom. The Labute approximate surface area is 145 Å². The van der Waals surface area contributed by atoms with Gasteiger partial charge in [-0.15, -0.1) is 0 Å². The van der Waals surface area contributed by atoms with Crippen LogP contribution in [0.3, 0.4) is 0 Å². The number of para-hydroxylation sites is 2. The minimum absolute atomic E-state index is 0.0274. The Hall–Kier alpha value is -2.02. The summed E-state index contributed by atoms with van der Waals surface area (Å²) in [6.45, 7) is 0.486. The van der Waals surface area contributed by atoms with Crippen LogP contribution in [0.1, 0.15) is 24.7 Å². The van der Waals surface area contributed by atoms with E-state index in [2.05, 4.69) is 15.3 Å². The number of H-pyrrole nitrogens is 1. The molecule has 0 spiro atoms. The minimum Gasteiger partial charge on any atom is -0.346 e. The molecule has 2 heterocycles. The second-order valence-electron chi connectivity index (χ2n) is 6.16. The molecular weight excluding hydrogens is 324 g/mol. The molecule has 2 atom stereocenters. The molecule has 1 fully saturated rings. The van der Waals surface area contributed by atoms with Crippen molar-refractivity contribution in [3.05, 3.63) is 30.1 Å². The van der Waals surface area contributed by atoms with Crippen LogP contribution in [0.25, 0.3) is 11.0 Å². The van der Waals surface area contributed by atoms with Gasteiger partial charge in [0.25, 0.3) is 0 Å². The van der Waals surface area contributed by atoms with Gasteiger partial charge in [0.2, 0.25) is 11.8 Å². The summed E-state index contributed by atoms with van der Waals surface area (Å²) >= 11 is 1.74. The van der Waals surface area contributed by atoms with Crippen LogP contribution in [-0.4, -0.2) is 52.3 Å². The maximum Gasteiger partial charge on any atom is 0.226 e. The molecule has 1 saturated heterocycles. The lowest BCUT2D eigenvalue weighted by Crippen LogP contribution is -2.35. The van der Waals surface area contributed by atoms with Gasteiger partial charge in [0.1, 0.15) is 5.82 Å². The number of nitrogens with zero attached hydrogens (tertiary/aromatic N) is 2. The van der Waals surface area contributed by atoms with E-state index in [4.69, 9.17) is 0 Å². The predicted octanol–water partition coefficient (Wildman–Crippen LogP) is 1.95. The number of carbonyl (C=O) groups excluding carboxylic acids is 2. The third-order valence-electron chi connectivity index (χ3n) is 4.38. The van der Waals surface area contributed by atoms with Crippen molar-refractivity contribution in [2.45, 2.75) is 18.9 Å². The Balaban J connectivity index is 1.76. The molecule has 6 nitrogen and oxygen atoms in total. The first-order valence-electron chi connectivity index (χ1n) is 8.06. The van der Waals surface area contributed by atoms with Gasteiger partial charge in [0.05, 0.1) is 23.0 Å². The number of thioether (sulfide) groups is 1. The highest BCUT2D eigenvalue weighted by Gasteiger charge is 2.33. The quantitative estimate of drug-likeness (QED) is 0.838. The van der Waals surface area contributed by atoms with Crippen LogP contribution in [-0.2, 0) is 9.59 Å². The van der Waals surface area contributed by atoms with E-state index in [-0.39, 0.29) is 30.2 Å². The van der Waals surface area contributed by atoms with E-state index in [0.29, 0.717) is 6.54 Å². The number of aromatic nitrogens is 2. The zero-order valence-corrected chi connectivity index (χ0v) is 14.7. The molecule has 7 heteroatoms. The summed E-state index contributed by atoms with van der Waals surface area (Å²) < 4.78 is 0. The molecule has 0 saturated carbocycles. The molecule has 0 radical (unpaired) electrons. The van der Waals surface area contributed by atoms with E-state index in [0.717, 1.165) is 29.0 Å². The number of imidazole rings is 1. The van der Waals surface area contributed by atoms with Gasteiger partial charge in [-0.05, 0) is 30.6 Å². The molecule has 1 aromatic heterocycles. The Morgan fingerprint density at radius 3 is 2.96 bits per heavy atom. The second kappa shape index (κ2) is 7.25. The van der Waals surface area contributed by atoms with E-state index in [9.17, 15) is 9.59 Å². The van der Waals surface area contributed by atoms with Crippen molar-refractivity contribution in [3.8, 4) is 0 Å². The Bertz CT molecular complexity index is 712. The van der Waals surface area contributed by atoms with Crippen LogP contribution in [0.15, 0.2) is 24.3 Å². The van der Waals surface area contributed by atoms with Gasteiger partial charge in [-0.25, -0.2) is 4.98 Å². The fourth-order valence-corrected chi connectivity index (χ4v) is 3.45. The van der Waals surface area contributed by atoms with Crippen LogP contribution in [0.4, 0.5) is 0 Å². The highest BCUT2D eigenvalue weighted by Crippen LogP contribution is 2.22. The summed E-state index contributed by atoms with van der Waals surface area (Å²) in [5.74, 6) is 1.38. The number of benzene rings is 1. The number of hydrogen-bond acceptors (Lipinski definition) is 4. The molecule has 24 heavy (non-hydrogen) atoms. The molecule has 1 aliphatic rings. The lowest BCUT2D eigenvalue weighted by Gasteiger charge is -2.18. The largest absolute Gasteiger partial charge is 0.346 e. The zero-order chi connectivity index (χ0) is 17.1. The van der Waals surface area contributed by atoms with Crippen LogP contribution in [0.5, 0.6) is 0 Å². The smallest absolute Gasteiger partial charge is 0.226 e. The first-order valence-corrected chi connectivity index (χ1v) is 9.45. The number of likely N-dealkylation sites (tertiary alicyclic amines) is 1. The summed E-state index contributed by atoms with van der Waals surface area (Å²) in [4.78, 5) is 33.8. The standard InChI is InChI=1S/C17H22N4O2S/c1-21-10-11(9-15(21)22)17(23)20-14(7-8-24-2)16-18-12-5-3-4-6-13(12)19-16/h3-6,11,14H,7-10H2,1-2H3,(H,18,19)(H,20,23)/t11-,14-/m0/s1. The molecule has 2 aromatic rings. The van der Waals surface area contributed by atoms with E-state index in [1.54, 1.807) is 23.7 Å². The third kappa shape index (κ3) is 3.56. The van der Waals surface area contributed by atoms with Gasteiger partial charge in [-0.3, -0.25) is 9.59 Å². The number of hydrogen-bond donors (Lipinski definition) is 2. The molecule has 128 valence electrons. The molecule has 2 amide bonds. The van der Waals surface area contributed by atoms with Crippen LogP contribution < -0.4 is 5.32 Å². The summed E-state index contributed by atoms with van der Waals surface area (Å²) in [6.07, 6.45) is 3.13. The maximum atomic E-state index is 12.6. The molecule has 2 N–H and O–H groups in total. The topological polar surface area (TPSA) is 78.1 Å². The molecule has 1 aliphatic heterocycles. The highest BCUT2D eigenvalue weighted by molar-refractivity contribution is 7.98. The van der Waals surface area contributed by atoms with Crippen molar-refractivity contribution < 1.29 is 9.59 Å². The predicted molar refractivity (Wildman–Crippen MR) is 95.7 cm³/mol. The van der Waals surface area contributed by atoms with E-state index in [1.165, 1.54) is 0 Å². The average molecular weight is 346 g/mol. The molecule has 3 rings (SSSR count). The Kier molecular flexibility index (Phi) is 5.08. The number of rotatable bonds is 6. The van der Waals surface area contributed by atoms with Gasteiger partial charge in [-0.1, -0.05) is 12.1 Å². The fourth-order valence-electron chi connectivity index (χ4n) is 2.98. The van der Waals surface area contributed by atoms with Gasteiger partial charge in [0, 0.05) is 20.0 Å². The van der Waals surface area contributed by atoms with Crippen LogP contribution in [0.2, 0.25) is 0 Å². The van der Waals surface area contributed by atoms with Crippen LogP contribution >= 0.6 is 11.8 Å². The van der Waals surface area contributed by atoms with Crippen molar-refractivity contribution in [2.75, 3.05) is 25.6 Å². The maximum absolute atomic E-state index is 12.6. The first-order chi connectivity index (χ1) is 11.6. The zero-order valence-electron chi connectivity index (χ0n) is 13.9. The number of aromatic amines is 1. The molecule has 0 bridgehead atoms. The lowest BCUT2D eigenvalue weighted by atomic mass is 10.1. The molecule has 1 aromatic carbocycles. The normalized spacial score (nSPS) is 19.0. The van der Waals surface area contributed by atoms with E-state index >= 15 is 0 Å². The van der Waals surface area contributed by atoms with Crippen molar-refractivity contribution in [3.63, 3.8) is 0 Å². The SMILES string of the molecule is CSCC[C@H](NC(=O)[C@H]1CC(=O)N(C)C1)c1nc2ccccc2[nH]1. The highest BCUT2D eigenvalue weighted by atomic mass is 32.2.